The fraction of sp³-hybridized carbons (Fsp3) is 0.370. The van der Waals surface area contributed by atoms with Crippen molar-refractivity contribution in [2.24, 2.45) is 5.92 Å². The third-order valence-corrected chi connectivity index (χ3v) is 6.53. The standard InChI is InChI=1S/C27H28ClF4N5O4/c1-16-12-37(13-24(16)40-8-7-38)6-2-3-25(39)36-22-10-18-21(11-23(22)41-14-27(30,31)32)33-15-34-26(18)35-17-4-5-20(29)19(28)9-17/h2-5,9-11,15-16,24,38H,6-8,12-14H2,1H3,(H,36,39)(H,33,34,35). The molecule has 4 rings (SSSR count). The topological polar surface area (TPSA) is 109 Å². The summed E-state index contributed by atoms with van der Waals surface area (Å²) in [6.07, 6.45) is -0.510. The van der Waals surface area contributed by atoms with Crippen molar-refractivity contribution >= 4 is 45.6 Å². The molecule has 9 nitrogen and oxygen atoms in total. The molecule has 0 saturated carbocycles. The van der Waals surface area contributed by atoms with Gasteiger partial charge in [0, 0.05) is 42.9 Å². The van der Waals surface area contributed by atoms with Crippen LogP contribution in [0.1, 0.15) is 6.92 Å². The molecule has 1 amide bonds. The van der Waals surface area contributed by atoms with E-state index in [2.05, 4.69) is 25.5 Å². The number of halogens is 5. The van der Waals surface area contributed by atoms with Crippen LogP contribution in [0, 0.1) is 11.7 Å². The molecule has 2 unspecified atom stereocenters. The van der Waals surface area contributed by atoms with Gasteiger partial charge in [-0.05, 0) is 30.2 Å². The monoisotopic (exact) mass is 597 g/mol. The molecule has 2 aromatic carbocycles. The number of amides is 1. The second-order valence-corrected chi connectivity index (χ2v) is 9.87. The van der Waals surface area contributed by atoms with E-state index < -0.39 is 24.5 Å². The van der Waals surface area contributed by atoms with Gasteiger partial charge in [0.1, 0.15) is 23.7 Å². The van der Waals surface area contributed by atoms with E-state index in [0.717, 1.165) is 6.54 Å². The molecule has 2 heterocycles. The molecule has 41 heavy (non-hydrogen) atoms. The predicted molar refractivity (Wildman–Crippen MR) is 146 cm³/mol. The molecule has 1 saturated heterocycles. The van der Waals surface area contributed by atoms with Gasteiger partial charge in [-0.2, -0.15) is 13.2 Å². The van der Waals surface area contributed by atoms with Gasteiger partial charge in [-0.1, -0.05) is 24.6 Å². The van der Waals surface area contributed by atoms with E-state index in [0.29, 0.717) is 24.2 Å². The summed E-state index contributed by atoms with van der Waals surface area (Å²) >= 11 is 5.86. The quantitative estimate of drug-likeness (QED) is 0.211. The molecular weight excluding hydrogens is 570 g/mol. The lowest BCUT2D eigenvalue weighted by Crippen LogP contribution is -2.25. The molecule has 2 atom stereocenters. The molecule has 220 valence electrons. The lowest BCUT2D eigenvalue weighted by Gasteiger charge is -2.16. The van der Waals surface area contributed by atoms with E-state index in [1.54, 1.807) is 6.08 Å². The van der Waals surface area contributed by atoms with E-state index in [9.17, 15) is 22.4 Å². The van der Waals surface area contributed by atoms with Gasteiger partial charge in [-0.15, -0.1) is 0 Å². The number of rotatable bonds is 11. The van der Waals surface area contributed by atoms with Crippen molar-refractivity contribution in [3.63, 3.8) is 0 Å². The zero-order chi connectivity index (χ0) is 29.6. The van der Waals surface area contributed by atoms with Gasteiger partial charge in [-0.3, -0.25) is 9.69 Å². The number of anilines is 3. The number of hydrogen-bond acceptors (Lipinski definition) is 8. The minimum Gasteiger partial charge on any atom is -0.482 e. The maximum atomic E-state index is 13.6. The Bertz CT molecular complexity index is 1410. The summed E-state index contributed by atoms with van der Waals surface area (Å²) in [4.78, 5) is 23.1. The first-order valence-corrected chi connectivity index (χ1v) is 13.0. The van der Waals surface area contributed by atoms with E-state index in [4.69, 9.17) is 26.2 Å². The number of nitrogens with zero attached hydrogens (tertiary/aromatic N) is 3. The molecule has 0 radical (unpaired) electrons. The van der Waals surface area contributed by atoms with Crippen LogP contribution in [0.2, 0.25) is 5.02 Å². The summed E-state index contributed by atoms with van der Waals surface area (Å²) in [5.41, 5.74) is 0.615. The van der Waals surface area contributed by atoms with Gasteiger partial charge in [-0.25, -0.2) is 14.4 Å². The van der Waals surface area contributed by atoms with Crippen molar-refractivity contribution in [3.05, 3.63) is 59.7 Å². The van der Waals surface area contributed by atoms with Crippen molar-refractivity contribution in [2.45, 2.75) is 19.2 Å². The number of likely N-dealkylation sites (tertiary alicyclic amines) is 1. The minimum atomic E-state index is -4.61. The second-order valence-electron chi connectivity index (χ2n) is 9.47. The van der Waals surface area contributed by atoms with E-state index in [-0.39, 0.29) is 53.0 Å². The highest BCUT2D eigenvalue weighted by atomic mass is 35.5. The van der Waals surface area contributed by atoms with Gasteiger partial charge in [0.15, 0.2) is 6.61 Å². The van der Waals surface area contributed by atoms with Crippen LogP contribution in [-0.4, -0.2) is 77.6 Å². The highest BCUT2D eigenvalue weighted by Gasteiger charge is 2.30. The van der Waals surface area contributed by atoms with Gasteiger partial charge in [0.05, 0.1) is 35.5 Å². The molecule has 1 fully saturated rings. The fourth-order valence-corrected chi connectivity index (χ4v) is 4.54. The smallest absolute Gasteiger partial charge is 0.422 e. The SMILES string of the molecule is CC1CN(CC=CC(=O)Nc2cc3c(Nc4ccc(F)c(Cl)c4)ncnc3cc2OCC(F)(F)F)CC1OCCO. The molecule has 1 aromatic heterocycles. The Morgan fingerprint density at radius 3 is 2.78 bits per heavy atom. The Morgan fingerprint density at radius 2 is 2.05 bits per heavy atom. The lowest BCUT2D eigenvalue weighted by atomic mass is 10.1. The van der Waals surface area contributed by atoms with Crippen molar-refractivity contribution in [1.29, 1.82) is 0 Å². The number of carbonyl (C=O) groups is 1. The molecule has 0 aliphatic carbocycles. The minimum absolute atomic E-state index is 0.0220. The first-order chi connectivity index (χ1) is 19.5. The third-order valence-electron chi connectivity index (χ3n) is 6.24. The number of alkyl halides is 3. The summed E-state index contributed by atoms with van der Waals surface area (Å²) in [6.45, 7) is 2.50. The Balaban J connectivity index is 1.53. The second kappa shape index (κ2) is 13.4. The summed E-state index contributed by atoms with van der Waals surface area (Å²) < 4.78 is 63.0. The molecule has 14 heteroatoms. The molecule has 1 aliphatic heterocycles. The predicted octanol–water partition coefficient (Wildman–Crippen LogP) is 4.93. The van der Waals surface area contributed by atoms with Crippen LogP contribution in [0.15, 0.2) is 48.8 Å². The highest BCUT2D eigenvalue weighted by molar-refractivity contribution is 6.31. The Kier molecular flexibility index (Phi) is 9.97. The van der Waals surface area contributed by atoms with Crippen LogP contribution in [-0.2, 0) is 9.53 Å². The number of fused-ring (bicyclic) bond motifs is 1. The summed E-state index contributed by atoms with van der Waals surface area (Å²) in [5.74, 6) is -0.928. The van der Waals surface area contributed by atoms with Crippen LogP contribution < -0.4 is 15.4 Å². The molecular formula is C27H28ClF4N5O4. The average molecular weight is 598 g/mol. The van der Waals surface area contributed by atoms with Crippen LogP contribution in [0.25, 0.3) is 10.9 Å². The van der Waals surface area contributed by atoms with E-state index in [1.165, 1.54) is 42.7 Å². The fourth-order valence-electron chi connectivity index (χ4n) is 4.36. The van der Waals surface area contributed by atoms with Crippen molar-refractivity contribution in [2.75, 3.05) is 50.1 Å². The zero-order valence-corrected chi connectivity index (χ0v) is 22.7. The van der Waals surface area contributed by atoms with Crippen molar-refractivity contribution in [3.8, 4) is 5.75 Å². The first kappa shape index (κ1) is 30.4. The first-order valence-electron chi connectivity index (χ1n) is 12.6. The number of aliphatic hydroxyl groups excluding tert-OH is 1. The Morgan fingerprint density at radius 1 is 1.24 bits per heavy atom. The summed E-state index contributed by atoms with van der Waals surface area (Å²) in [6, 6.07) is 6.61. The summed E-state index contributed by atoms with van der Waals surface area (Å²) in [5, 5.41) is 14.8. The van der Waals surface area contributed by atoms with Crippen LogP contribution >= 0.6 is 11.6 Å². The van der Waals surface area contributed by atoms with Gasteiger partial charge >= 0.3 is 6.18 Å². The number of ether oxygens (including phenoxy) is 2. The van der Waals surface area contributed by atoms with Crippen LogP contribution in [0.4, 0.5) is 34.8 Å². The molecule has 3 N–H and O–H groups in total. The lowest BCUT2D eigenvalue weighted by molar-refractivity contribution is -0.153. The number of hydrogen-bond donors (Lipinski definition) is 3. The normalized spacial score (nSPS) is 17.8. The average Bonchev–Trinajstić information content (AvgIpc) is 3.27. The van der Waals surface area contributed by atoms with Gasteiger partial charge in [0.2, 0.25) is 5.91 Å². The van der Waals surface area contributed by atoms with Crippen LogP contribution in [0.5, 0.6) is 5.75 Å². The molecule has 0 bridgehead atoms. The van der Waals surface area contributed by atoms with Crippen molar-refractivity contribution in [1.82, 2.24) is 14.9 Å². The number of nitrogens with one attached hydrogen (secondary N) is 2. The largest absolute Gasteiger partial charge is 0.482 e. The van der Waals surface area contributed by atoms with Crippen molar-refractivity contribution < 1.29 is 36.9 Å². The Hall–Kier alpha value is -3.52. The number of aromatic nitrogens is 2. The number of carbonyl (C=O) groups excluding carboxylic acids is 1. The van der Waals surface area contributed by atoms with E-state index in [1.807, 2.05) is 6.92 Å². The molecule has 1 aliphatic rings. The Labute approximate surface area is 238 Å². The molecule has 3 aromatic rings. The van der Waals surface area contributed by atoms with Gasteiger partial charge < -0.3 is 25.2 Å². The highest BCUT2D eigenvalue weighted by Crippen LogP contribution is 2.35. The maximum absolute atomic E-state index is 13.6. The van der Waals surface area contributed by atoms with Crippen LogP contribution in [0.3, 0.4) is 0 Å². The third kappa shape index (κ3) is 8.49. The zero-order valence-electron chi connectivity index (χ0n) is 21.9. The summed E-state index contributed by atoms with van der Waals surface area (Å²) in [7, 11) is 0. The van der Waals surface area contributed by atoms with E-state index >= 15 is 0 Å². The maximum Gasteiger partial charge on any atom is 0.422 e. The number of benzene rings is 2. The molecule has 0 spiro atoms. The van der Waals surface area contributed by atoms with Gasteiger partial charge in [0.25, 0.3) is 0 Å². The number of aliphatic hydroxyl groups is 1.